The molecule has 0 fully saturated rings. The topological polar surface area (TPSA) is 80.1 Å². The lowest BCUT2D eigenvalue weighted by molar-refractivity contribution is -0.138. The number of rotatable bonds is 2. The lowest BCUT2D eigenvalue weighted by Crippen LogP contribution is -2.38. The molecule has 0 aromatic rings. The highest BCUT2D eigenvalue weighted by Crippen LogP contribution is 2.25. The number of azo groups is 1. The maximum atomic E-state index is 11.5. The average Bonchev–Trinajstić information content (AvgIpc) is 2.64. The Labute approximate surface area is 85.7 Å². The minimum atomic E-state index is -0.540. The van der Waals surface area contributed by atoms with Crippen molar-refractivity contribution in [1.29, 1.82) is 0 Å². The Kier molecular flexibility index (Phi) is 2.32. The van der Waals surface area contributed by atoms with Crippen LogP contribution in [0.25, 0.3) is 0 Å². The Morgan fingerprint density at radius 1 is 1.67 bits per heavy atom. The van der Waals surface area contributed by atoms with Gasteiger partial charge in [-0.1, -0.05) is 0 Å². The predicted octanol–water partition coefficient (Wildman–Crippen LogP) is 0.281. The van der Waals surface area contributed by atoms with Crippen molar-refractivity contribution >= 4 is 11.9 Å². The molecular weight excluding hydrogens is 198 g/mol. The van der Waals surface area contributed by atoms with Gasteiger partial charge in [0.05, 0.1) is 18.4 Å². The zero-order valence-corrected chi connectivity index (χ0v) is 8.06. The second-order valence-corrected chi connectivity index (χ2v) is 3.00. The van der Waals surface area contributed by atoms with Gasteiger partial charge in [0.15, 0.2) is 6.17 Å². The molecular formula is C9H9N3O3. The van der Waals surface area contributed by atoms with E-state index in [0.717, 1.165) is 0 Å². The number of nitrogens with one attached hydrogen (secondary N) is 1. The summed E-state index contributed by atoms with van der Waals surface area (Å²) in [7, 11) is 0. The van der Waals surface area contributed by atoms with Crippen LogP contribution in [0.3, 0.4) is 0 Å². The van der Waals surface area contributed by atoms with E-state index < -0.39 is 12.1 Å². The van der Waals surface area contributed by atoms with Crippen molar-refractivity contribution in [2.24, 2.45) is 10.2 Å². The second kappa shape index (κ2) is 3.64. The van der Waals surface area contributed by atoms with Crippen LogP contribution in [0.2, 0.25) is 0 Å². The van der Waals surface area contributed by atoms with Crippen LogP contribution in [0.4, 0.5) is 0 Å². The monoisotopic (exact) mass is 207 g/mol. The molecule has 1 unspecified atom stereocenters. The molecule has 0 spiro atoms. The van der Waals surface area contributed by atoms with E-state index in [1.165, 1.54) is 12.3 Å². The number of nitrogens with zero attached hydrogens (tertiary/aromatic N) is 2. The molecule has 15 heavy (non-hydrogen) atoms. The minimum Gasteiger partial charge on any atom is -0.462 e. The molecule has 2 heterocycles. The summed E-state index contributed by atoms with van der Waals surface area (Å²) in [5, 5.41) is 9.96. The van der Waals surface area contributed by atoms with Crippen molar-refractivity contribution in [2.45, 2.75) is 13.1 Å². The van der Waals surface area contributed by atoms with Gasteiger partial charge in [0.25, 0.3) is 0 Å². The second-order valence-electron chi connectivity index (χ2n) is 3.00. The molecule has 1 atom stereocenters. The number of carbonyl (C=O) groups excluding carboxylic acids is 2. The Balaban J connectivity index is 2.29. The zero-order valence-electron chi connectivity index (χ0n) is 8.06. The molecule has 0 aromatic heterocycles. The first-order valence-electron chi connectivity index (χ1n) is 4.52. The third-order valence-corrected chi connectivity index (χ3v) is 2.03. The van der Waals surface area contributed by atoms with Crippen LogP contribution in [0, 0.1) is 0 Å². The molecule has 0 aliphatic carbocycles. The summed E-state index contributed by atoms with van der Waals surface area (Å²) in [4.78, 5) is 22.7. The van der Waals surface area contributed by atoms with Gasteiger partial charge in [-0.15, -0.1) is 0 Å². The van der Waals surface area contributed by atoms with Gasteiger partial charge in [0.2, 0.25) is 5.91 Å². The van der Waals surface area contributed by atoms with Crippen molar-refractivity contribution in [3.8, 4) is 0 Å². The van der Waals surface area contributed by atoms with Crippen LogP contribution in [-0.4, -0.2) is 24.6 Å². The summed E-state index contributed by atoms with van der Waals surface area (Å²) in [5.41, 5.74) is 0.809. The van der Waals surface area contributed by atoms with Crippen LogP contribution in [-0.2, 0) is 14.3 Å². The first-order valence-corrected chi connectivity index (χ1v) is 4.52. The number of hydrogen-bond donors (Lipinski definition) is 1. The first kappa shape index (κ1) is 9.57. The van der Waals surface area contributed by atoms with E-state index in [9.17, 15) is 9.59 Å². The maximum absolute atomic E-state index is 11.5. The summed E-state index contributed by atoms with van der Waals surface area (Å²) < 4.78 is 4.83. The smallest absolute Gasteiger partial charge is 0.338 e. The Morgan fingerprint density at radius 3 is 3.20 bits per heavy atom. The van der Waals surface area contributed by atoms with Crippen molar-refractivity contribution in [1.82, 2.24) is 5.32 Å². The largest absolute Gasteiger partial charge is 0.462 e. The Bertz CT molecular complexity index is 409. The number of carbonyl (C=O) groups is 2. The molecule has 1 N–H and O–H groups in total. The zero-order chi connectivity index (χ0) is 10.8. The standard InChI is InChI=1S/C9H9N3O3/c1-2-15-9(14)5-3-7(13)11-8-6(5)4-10-12-8/h3-4,8H,2H2,1H3,(H,11,13). The number of hydrogen-bond acceptors (Lipinski definition) is 5. The lowest BCUT2D eigenvalue weighted by Gasteiger charge is -2.18. The molecule has 0 radical (unpaired) electrons. The van der Waals surface area contributed by atoms with Gasteiger partial charge >= 0.3 is 5.97 Å². The predicted molar refractivity (Wildman–Crippen MR) is 49.6 cm³/mol. The third kappa shape index (κ3) is 1.65. The molecule has 2 rings (SSSR count). The summed E-state index contributed by atoms with van der Waals surface area (Å²) in [5.74, 6) is -0.878. The van der Waals surface area contributed by atoms with E-state index >= 15 is 0 Å². The van der Waals surface area contributed by atoms with Crippen molar-refractivity contribution in [3.63, 3.8) is 0 Å². The van der Waals surface area contributed by atoms with Crippen LogP contribution in [0.1, 0.15) is 6.92 Å². The normalized spacial score (nSPS) is 22.7. The van der Waals surface area contributed by atoms with Crippen molar-refractivity contribution in [3.05, 3.63) is 23.4 Å². The summed E-state index contributed by atoms with van der Waals surface area (Å²) in [6, 6.07) is 0. The van der Waals surface area contributed by atoms with E-state index in [1.54, 1.807) is 6.92 Å². The van der Waals surface area contributed by atoms with Gasteiger partial charge in [0.1, 0.15) is 0 Å². The molecule has 0 aromatic carbocycles. The highest BCUT2D eigenvalue weighted by molar-refractivity contribution is 6.04. The first-order chi connectivity index (χ1) is 7.22. The highest BCUT2D eigenvalue weighted by atomic mass is 16.5. The fraction of sp³-hybridized carbons (Fsp3) is 0.333. The molecule has 78 valence electrons. The van der Waals surface area contributed by atoms with Crippen LogP contribution in [0.15, 0.2) is 33.7 Å². The summed E-state index contributed by atoms with van der Waals surface area (Å²) in [6.45, 7) is 1.97. The van der Waals surface area contributed by atoms with Gasteiger partial charge in [-0.2, -0.15) is 10.2 Å². The SMILES string of the molecule is CCOC(=O)C1=CC(=O)NC2N=NC=C12. The van der Waals surface area contributed by atoms with Crippen LogP contribution >= 0.6 is 0 Å². The molecule has 2 aliphatic rings. The molecule has 6 heteroatoms. The van der Waals surface area contributed by atoms with E-state index in [4.69, 9.17) is 4.74 Å². The summed E-state index contributed by atoms with van der Waals surface area (Å²) in [6.07, 6.45) is 2.12. The van der Waals surface area contributed by atoms with Gasteiger partial charge in [-0.05, 0) is 6.92 Å². The highest BCUT2D eigenvalue weighted by Gasteiger charge is 2.31. The van der Waals surface area contributed by atoms with Gasteiger partial charge in [-0.3, -0.25) is 4.79 Å². The summed E-state index contributed by atoms with van der Waals surface area (Å²) >= 11 is 0. The van der Waals surface area contributed by atoms with E-state index in [2.05, 4.69) is 15.5 Å². The van der Waals surface area contributed by atoms with Gasteiger partial charge in [-0.25, -0.2) is 4.79 Å². The number of esters is 1. The van der Waals surface area contributed by atoms with E-state index in [-0.39, 0.29) is 18.1 Å². The Hall–Kier alpha value is -1.98. The third-order valence-electron chi connectivity index (χ3n) is 2.03. The van der Waals surface area contributed by atoms with Crippen molar-refractivity contribution in [2.75, 3.05) is 6.61 Å². The molecule has 2 aliphatic heterocycles. The average molecular weight is 207 g/mol. The number of fused-ring (bicyclic) bond motifs is 1. The van der Waals surface area contributed by atoms with E-state index in [0.29, 0.717) is 5.57 Å². The fourth-order valence-corrected chi connectivity index (χ4v) is 1.39. The van der Waals surface area contributed by atoms with Crippen molar-refractivity contribution < 1.29 is 14.3 Å². The van der Waals surface area contributed by atoms with Gasteiger partial charge < -0.3 is 10.1 Å². The van der Waals surface area contributed by atoms with Crippen LogP contribution in [0.5, 0.6) is 0 Å². The van der Waals surface area contributed by atoms with Gasteiger partial charge in [0, 0.05) is 11.6 Å². The number of amides is 1. The van der Waals surface area contributed by atoms with Crippen LogP contribution < -0.4 is 5.32 Å². The number of ether oxygens (including phenoxy) is 1. The lowest BCUT2D eigenvalue weighted by atomic mass is 10.0. The molecule has 0 saturated carbocycles. The Morgan fingerprint density at radius 2 is 2.47 bits per heavy atom. The fourth-order valence-electron chi connectivity index (χ4n) is 1.39. The minimum absolute atomic E-state index is 0.232. The molecule has 0 bridgehead atoms. The molecule has 0 saturated heterocycles. The molecule has 6 nitrogen and oxygen atoms in total. The molecule has 1 amide bonds. The maximum Gasteiger partial charge on any atom is 0.338 e. The van der Waals surface area contributed by atoms with E-state index in [1.807, 2.05) is 0 Å². The quantitative estimate of drug-likeness (QED) is 0.660.